The molecule has 3 rings (SSSR count). The second kappa shape index (κ2) is 6.27. The number of aromatic amines is 1. The number of methoxy groups -OCH3 is 2. The number of rotatable bonds is 3. The zero-order valence-electron chi connectivity index (χ0n) is 13.8. The van der Waals surface area contributed by atoms with Gasteiger partial charge in [-0.3, -0.25) is 9.89 Å². The minimum absolute atomic E-state index is 0.0474. The van der Waals surface area contributed by atoms with E-state index in [2.05, 4.69) is 15.5 Å². The number of aryl methyl sites for hydroxylation is 1. The number of phenols is 1. The van der Waals surface area contributed by atoms with E-state index < -0.39 is 0 Å². The topological polar surface area (TPSA) is 96.5 Å². The van der Waals surface area contributed by atoms with E-state index in [-0.39, 0.29) is 22.2 Å². The summed E-state index contributed by atoms with van der Waals surface area (Å²) in [6.07, 6.45) is 0. The van der Waals surface area contributed by atoms with E-state index in [4.69, 9.17) is 9.47 Å². The van der Waals surface area contributed by atoms with Gasteiger partial charge >= 0.3 is 0 Å². The van der Waals surface area contributed by atoms with Gasteiger partial charge in [-0.15, -0.1) is 11.8 Å². The highest BCUT2D eigenvalue weighted by Gasteiger charge is 2.33. The molecule has 0 radical (unpaired) electrons. The SMILES string of the molecule is COc1cc([C@H]2S[C@@H](C)C(=O)Nc3n[nH]c(C)c32)cc(OC)c1O. The van der Waals surface area contributed by atoms with Crippen molar-refractivity contribution < 1.29 is 19.4 Å². The summed E-state index contributed by atoms with van der Waals surface area (Å²) in [6.45, 7) is 3.77. The van der Waals surface area contributed by atoms with Gasteiger partial charge in [-0.25, -0.2) is 0 Å². The average Bonchev–Trinajstić information content (AvgIpc) is 2.86. The van der Waals surface area contributed by atoms with Gasteiger partial charge in [0.15, 0.2) is 17.3 Å². The van der Waals surface area contributed by atoms with Gasteiger partial charge in [0, 0.05) is 11.3 Å². The molecule has 1 aliphatic rings. The molecule has 1 amide bonds. The number of hydrogen-bond donors (Lipinski definition) is 3. The summed E-state index contributed by atoms with van der Waals surface area (Å²) < 4.78 is 10.5. The summed E-state index contributed by atoms with van der Waals surface area (Å²) in [7, 11) is 2.97. The number of nitrogens with zero attached hydrogens (tertiary/aromatic N) is 1. The monoisotopic (exact) mass is 349 g/mol. The number of ether oxygens (including phenoxy) is 2. The number of hydrogen-bond acceptors (Lipinski definition) is 6. The average molecular weight is 349 g/mol. The van der Waals surface area contributed by atoms with Crippen LogP contribution in [0, 0.1) is 6.92 Å². The third-order valence-electron chi connectivity index (χ3n) is 4.01. The molecule has 8 heteroatoms. The maximum atomic E-state index is 12.2. The molecular formula is C16H19N3O4S. The first-order valence-electron chi connectivity index (χ1n) is 7.42. The van der Waals surface area contributed by atoms with Crippen molar-refractivity contribution in [1.82, 2.24) is 10.2 Å². The first-order valence-corrected chi connectivity index (χ1v) is 8.36. The van der Waals surface area contributed by atoms with E-state index in [1.807, 2.05) is 13.8 Å². The molecule has 7 nitrogen and oxygen atoms in total. The largest absolute Gasteiger partial charge is 0.502 e. The zero-order valence-corrected chi connectivity index (χ0v) is 14.7. The van der Waals surface area contributed by atoms with Crippen molar-refractivity contribution in [3.63, 3.8) is 0 Å². The van der Waals surface area contributed by atoms with Gasteiger partial charge in [-0.2, -0.15) is 5.10 Å². The molecule has 24 heavy (non-hydrogen) atoms. The van der Waals surface area contributed by atoms with Crippen LogP contribution < -0.4 is 14.8 Å². The van der Waals surface area contributed by atoms with Crippen LogP contribution in [0.4, 0.5) is 5.82 Å². The standard InChI is InChI=1S/C16H19N3O4S/c1-7-12-14(24-8(2)16(21)17-15(12)19-18-7)9-5-10(22-3)13(20)11(6-9)23-4/h5-6,8,14,20H,1-4H3,(H2,17,18,19,21)/t8-,14+/m0/s1. The predicted octanol–water partition coefficient (Wildman–Crippen LogP) is 2.60. The summed E-state index contributed by atoms with van der Waals surface area (Å²) in [5.74, 6) is 1.04. The normalized spacial score (nSPS) is 20.1. The lowest BCUT2D eigenvalue weighted by molar-refractivity contribution is -0.115. The second-order valence-corrected chi connectivity index (χ2v) is 6.98. The minimum Gasteiger partial charge on any atom is -0.502 e. The van der Waals surface area contributed by atoms with Crippen molar-refractivity contribution >= 4 is 23.5 Å². The first kappa shape index (κ1) is 16.5. The molecule has 0 saturated heterocycles. The Hall–Kier alpha value is -2.35. The van der Waals surface area contributed by atoms with Gasteiger partial charge in [0.25, 0.3) is 0 Å². The summed E-state index contributed by atoms with van der Waals surface area (Å²) in [4.78, 5) is 12.2. The van der Waals surface area contributed by atoms with Gasteiger partial charge in [0.05, 0.1) is 24.7 Å². The Labute approximate surface area is 143 Å². The van der Waals surface area contributed by atoms with E-state index >= 15 is 0 Å². The number of carbonyl (C=O) groups excluding carboxylic acids is 1. The molecule has 1 aromatic heterocycles. The van der Waals surface area contributed by atoms with Crippen LogP contribution in [0.2, 0.25) is 0 Å². The molecule has 128 valence electrons. The molecule has 0 fully saturated rings. The Morgan fingerprint density at radius 3 is 2.46 bits per heavy atom. The number of benzene rings is 1. The summed E-state index contributed by atoms with van der Waals surface area (Å²) in [5, 5.41) is 19.7. The van der Waals surface area contributed by atoms with Crippen LogP contribution in [0.3, 0.4) is 0 Å². The number of thioether (sulfide) groups is 1. The number of carbonyl (C=O) groups is 1. The molecule has 0 unspecified atom stereocenters. The van der Waals surface area contributed by atoms with Gasteiger partial charge in [-0.05, 0) is 31.5 Å². The Bertz CT molecular complexity index is 765. The summed E-state index contributed by atoms with van der Waals surface area (Å²) in [6, 6.07) is 3.52. The number of fused-ring (bicyclic) bond motifs is 1. The molecule has 0 bridgehead atoms. The maximum Gasteiger partial charge on any atom is 0.238 e. The maximum absolute atomic E-state index is 12.2. The molecule has 2 atom stereocenters. The van der Waals surface area contributed by atoms with E-state index in [9.17, 15) is 9.90 Å². The number of phenolic OH excluding ortho intramolecular Hbond substituents is 1. The van der Waals surface area contributed by atoms with Gasteiger partial charge in [0.2, 0.25) is 11.7 Å². The smallest absolute Gasteiger partial charge is 0.238 e. The lowest BCUT2D eigenvalue weighted by atomic mass is 10.0. The van der Waals surface area contributed by atoms with E-state index in [0.29, 0.717) is 17.3 Å². The van der Waals surface area contributed by atoms with Crippen molar-refractivity contribution in [3.8, 4) is 17.2 Å². The van der Waals surface area contributed by atoms with Gasteiger partial charge < -0.3 is 19.9 Å². The lowest BCUT2D eigenvalue weighted by Gasteiger charge is -2.20. The lowest BCUT2D eigenvalue weighted by Crippen LogP contribution is -2.21. The van der Waals surface area contributed by atoms with Crippen LogP contribution in [0.5, 0.6) is 17.2 Å². The van der Waals surface area contributed by atoms with Crippen molar-refractivity contribution in [2.75, 3.05) is 19.5 Å². The highest BCUT2D eigenvalue weighted by molar-refractivity contribution is 8.01. The van der Waals surface area contributed by atoms with Gasteiger partial charge in [0.1, 0.15) is 0 Å². The van der Waals surface area contributed by atoms with Gasteiger partial charge in [-0.1, -0.05) is 0 Å². The predicted molar refractivity (Wildman–Crippen MR) is 92.1 cm³/mol. The van der Waals surface area contributed by atoms with E-state index in [1.165, 1.54) is 26.0 Å². The van der Waals surface area contributed by atoms with Crippen LogP contribution in [-0.4, -0.2) is 40.7 Å². The Balaban J connectivity index is 2.17. The van der Waals surface area contributed by atoms with E-state index in [0.717, 1.165) is 16.8 Å². The molecule has 0 saturated carbocycles. The fourth-order valence-corrected chi connectivity index (χ4v) is 4.03. The fraction of sp³-hybridized carbons (Fsp3) is 0.375. The van der Waals surface area contributed by atoms with Crippen molar-refractivity contribution in [3.05, 3.63) is 29.0 Å². The van der Waals surface area contributed by atoms with Crippen LogP contribution in [-0.2, 0) is 4.79 Å². The summed E-state index contributed by atoms with van der Waals surface area (Å²) >= 11 is 1.51. The highest BCUT2D eigenvalue weighted by Crippen LogP contribution is 2.48. The Morgan fingerprint density at radius 1 is 1.25 bits per heavy atom. The Morgan fingerprint density at radius 2 is 1.88 bits per heavy atom. The molecule has 3 N–H and O–H groups in total. The second-order valence-electron chi connectivity index (χ2n) is 5.53. The molecule has 0 spiro atoms. The molecule has 1 aromatic carbocycles. The minimum atomic E-state index is -0.255. The van der Waals surface area contributed by atoms with Crippen molar-refractivity contribution in [1.29, 1.82) is 0 Å². The summed E-state index contributed by atoms with van der Waals surface area (Å²) in [5.41, 5.74) is 2.65. The Kier molecular flexibility index (Phi) is 4.31. The number of aromatic hydroxyl groups is 1. The van der Waals surface area contributed by atoms with Crippen LogP contribution >= 0.6 is 11.8 Å². The molecular weight excluding hydrogens is 330 g/mol. The highest BCUT2D eigenvalue weighted by atomic mass is 32.2. The fourth-order valence-electron chi connectivity index (χ4n) is 2.72. The number of amides is 1. The van der Waals surface area contributed by atoms with Crippen LogP contribution in [0.25, 0.3) is 0 Å². The molecule has 2 heterocycles. The van der Waals surface area contributed by atoms with Crippen LogP contribution in [0.15, 0.2) is 12.1 Å². The first-order chi connectivity index (χ1) is 11.5. The van der Waals surface area contributed by atoms with Crippen LogP contribution in [0.1, 0.15) is 29.0 Å². The van der Waals surface area contributed by atoms with E-state index in [1.54, 1.807) is 12.1 Å². The quantitative estimate of drug-likeness (QED) is 0.788. The third-order valence-corrected chi connectivity index (χ3v) is 5.42. The number of anilines is 1. The number of H-pyrrole nitrogens is 1. The number of aromatic nitrogens is 2. The molecule has 2 aromatic rings. The van der Waals surface area contributed by atoms with Crippen molar-refractivity contribution in [2.45, 2.75) is 24.3 Å². The molecule has 1 aliphatic heterocycles. The third kappa shape index (κ3) is 2.66. The zero-order chi connectivity index (χ0) is 17.4. The number of nitrogens with one attached hydrogen (secondary N) is 2. The molecule has 0 aliphatic carbocycles. The van der Waals surface area contributed by atoms with Crippen molar-refractivity contribution in [2.24, 2.45) is 0 Å².